The number of nitrogens with one attached hydrogen (secondary N) is 1. The van der Waals surface area contributed by atoms with Crippen molar-refractivity contribution in [3.05, 3.63) is 139 Å². The lowest BCUT2D eigenvalue weighted by Gasteiger charge is -2.25. The molecule has 0 aliphatic heterocycles. The van der Waals surface area contributed by atoms with Gasteiger partial charge in [0, 0.05) is 44.5 Å². The van der Waals surface area contributed by atoms with Crippen LogP contribution in [-0.2, 0) is 10.8 Å². The highest BCUT2D eigenvalue weighted by molar-refractivity contribution is 6.13. The van der Waals surface area contributed by atoms with Gasteiger partial charge >= 0.3 is 0 Å². The van der Waals surface area contributed by atoms with Gasteiger partial charge in [-0.05, 0) is 100 Å². The molecule has 0 radical (unpaired) electrons. The number of rotatable bonds is 4. The molecule has 5 heteroatoms. The summed E-state index contributed by atoms with van der Waals surface area (Å²) in [4.78, 5) is 16.2. The Hall–Kier alpha value is -5.94. The summed E-state index contributed by atoms with van der Waals surface area (Å²) in [5.74, 6) is 0.837. The molecule has 4 aromatic heterocycles. The van der Waals surface area contributed by atoms with E-state index in [0.717, 1.165) is 66.9 Å². The molecule has 5 nitrogen and oxygen atoms in total. The monoisotopic (exact) mass is 664 g/mol. The van der Waals surface area contributed by atoms with Crippen LogP contribution in [-0.4, -0.2) is 15.0 Å². The van der Waals surface area contributed by atoms with Gasteiger partial charge in [-0.2, -0.15) is 0 Å². The van der Waals surface area contributed by atoms with Gasteiger partial charge < -0.3 is 9.40 Å². The second-order valence-corrected chi connectivity index (χ2v) is 15.7. The summed E-state index contributed by atoms with van der Waals surface area (Å²) < 4.78 is 6.41. The molecule has 1 N–H and O–H groups in total. The van der Waals surface area contributed by atoms with Gasteiger partial charge in [0.1, 0.15) is 16.9 Å². The quantitative estimate of drug-likeness (QED) is 0.203. The van der Waals surface area contributed by atoms with E-state index in [-0.39, 0.29) is 10.8 Å². The number of H-pyrrole nitrogens is 1. The van der Waals surface area contributed by atoms with Crippen LogP contribution in [0, 0.1) is 0 Å². The number of hydrogen-bond donors (Lipinski definition) is 1. The highest BCUT2D eigenvalue weighted by atomic mass is 16.3. The number of fused-ring (bicyclic) bond motifs is 7. The summed E-state index contributed by atoms with van der Waals surface area (Å²) >= 11 is 0. The summed E-state index contributed by atoms with van der Waals surface area (Å²) in [5.41, 5.74) is 11.3. The Balaban J connectivity index is 1.26. The summed E-state index contributed by atoms with van der Waals surface area (Å²) in [6.07, 6.45) is 1.84. The average molecular weight is 665 g/mol. The zero-order valence-corrected chi connectivity index (χ0v) is 29.9. The van der Waals surface area contributed by atoms with Crippen molar-refractivity contribution in [2.45, 2.75) is 52.4 Å². The third kappa shape index (κ3) is 5.23. The lowest BCUT2D eigenvalue weighted by Crippen LogP contribution is -2.11. The Bertz CT molecular complexity index is 2770. The molecular formula is C46H40N4O. The molecule has 0 unspecified atom stereocenters. The number of furan rings is 1. The second kappa shape index (κ2) is 11.3. The molecule has 0 bridgehead atoms. The maximum absolute atomic E-state index is 6.41. The van der Waals surface area contributed by atoms with E-state index in [1.807, 2.05) is 24.4 Å². The number of hydrogen-bond acceptors (Lipinski definition) is 4. The van der Waals surface area contributed by atoms with Crippen molar-refractivity contribution >= 4 is 71.8 Å². The Morgan fingerprint density at radius 3 is 2.18 bits per heavy atom. The largest absolute Gasteiger partial charge is 0.454 e. The molecule has 5 aromatic carbocycles. The van der Waals surface area contributed by atoms with E-state index in [1.54, 1.807) is 0 Å². The zero-order chi connectivity index (χ0) is 35.1. The fourth-order valence-corrected chi connectivity index (χ4v) is 7.31. The molecule has 0 saturated heterocycles. The number of pyridine rings is 2. The summed E-state index contributed by atoms with van der Waals surface area (Å²) in [6, 6.07) is 42.9. The van der Waals surface area contributed by atoms with Gasteiger partial charge in [0.2, 0.25) is 0 Å². The van der Waals surface area contributed by atoms with Gasteiger partial charge in [-0.3, -0.25) is 4.90 Å². The topological polar surface area (TPSA) is 58.0 Å². The van der Waals surface area contributed by atoms with Crippen LogP contribution in [0.25, 0.3) is 65.9 Å². The molecule has 0 fully saturated rings. The van der Waals surface area contributed by atoms with Crippen LogP contribution in [0.15, 0.2) is 132 Å². The highest BCUT2D eigenvalue weighted by Gasteiger charge is 2.23. The fraction of sp³-hybridized carbons (Fsp3) is 0.174. The molecule has 0 spiro atoms. The summed E-state index contributed by atoms with van der Waals surface area (Å²) in [6.45, 7) is 13.6. The van der Waals surface area contributed by atoms with Crippen molar-refractivity contribution in [3.8, 4) is 11.3 Å². The van der Waals surface area contributed by atoms with E-state index >= 15 is 0 Å². The van der Waals surface area contributed by atoms with Crippen LogP contribution in [0.1, 0.15) is 52.7 Å². The molecule has 0 saturated carbocycles. The smallest absolute Gasteiger partial charge is 0.153 e. The van der Waals surface area contributed by atoms with Gasteiger partial charge in [-0.15, -0.1) is 0 Å². The zero-order valence-electron chi connectivity index (χ0n) is 29.9. The average Bonchev–Trinajstić information content (AvgIpc) is 3.68. The van der Waals surface area contributed by atoms with E-state index < -0.39 is 0 Å². The van der Waals surface area contributed by atoms with E-state index in [2.05, 4.69) is 155 Å². The molecule has 0 amide bonds. The van der Waals surface area contributed by atoms with Crippen molar-refractivity contribution in [2.24, 2.45) is 0 Å². The van der Waals surface area contributed by atoms with Gasteiger partial charge in [-0.25, -0.2) is 9.97 Å². The minimum atomic E-state index is -0.0495. The molecule has 4 heterocycles. The first kappa shape index (κ1) is 31.1. The molecular weight excluding hydrogens is 625 g/mol. The molecule has 9 rings (SSSR count). The van der Waals surface area contributed by atoms with Gasteiger partial charge in [0.15, 0.2) is 5.58 Å². The fourth-order valence-electron chi connectivity index (χ4n) is 7.31. The molecule has 0 atom stereocenters. The minimum Gasteiger partial charge on any atom is -0.454 e. The number of anilines is 3. The molecule has 51 heavy (non-hydrogen) atoms. The first-order chi connectivity index (χ1) is 24.5. The van der Waals surface area contributed by atoms with Crippen molar-refractivity contribution < 1.29 is 4.42 Å². The van der Waals surface area contributed by atoms with E-state index in [1.165, 1.54) is 27.3 Å². The van der Waals surface area contributed by atoms with Crippen molar-refractivity contribution in [2.75, 3.05) is 4.90 Å². The maximum atomic E-state index is 6.41. The highest BCUT2D eigenvalue weighted by Crippen LogP contribution is 2.42. The number of aromatic amines is 1. The Kier molecular flexibility index (Phi) is 6.88. The van der Waals surface area contributed by atoms with E-state index in [0.29, 0.717) is 0 Å². The predicted octanol–water partition coefficient (Wildman–Crippen LogP) is 12.9. The number of nitrogens with zero attached hydrogens (tertiary/aromatic N) is 3. The number of benzene rings is 5. The number of aromatic nitrogens is 3. The van der Waals surface area contributed by atoms with Gasteiger partial charge in [0.25, 0.3) is 0 Å². The van der Waals surface area contributed by atoms with Crippen molar-refractivity contribution in [1.82, 2.24) is 15.0 Å². The van der Waals surface area contributed by atoms with Crippen LogP contribution in [0.5, 0.6) is 0 Å². The molecule has 0 aliphatic rings. The standard InChI is InChI=1S/C46H40N4O/c1-45(2,3)29-17-19-37-33(24-29)34-25-30(46(4,5)6)26-35(43(34)48-37)38-20-22-41-44(49-38)36-27-31(18-21-40(36)51-41)50(42-16-9-10-23-47-42)39-15-11-13-28-12-7-8-14-32(28)39/h7-27,48H,1-6H3. The van der Waals surface area contributed by atoms with Gasteiger partial charge in [0.05, 0.1) is 16.9 Å². The molecule has 0 aliphatic carbocycles. The summed E-state index contributed by atoms with van der Waals surface area (Å²) in [5, 5.41) is 5.75. The Labute approximate surface area is 297 Å². The van der Waals surface area contributed by atoms with Crippen LogP contribution in [0.4, 0.5) is 17.2 Å². The molecule has 9 aromatic rings. The molecule has 250 valence electrons. The van der Waals surface area contributed by atoms with Crippen LogP contribution < -0.4 is 4.90 Å². The normalized spacial score (nSPS) is 12.5. The Morgan fingerprint density at radius 1 is 0.608 bits per heavy atom. The van der Waals surface area contributed by atoms with Crippen molar-refractivity contribution in [3.63, 3.8) is 0 Å². The third-order valence-electron chi connectivity index (χ3n) is 10.2. The van der Waals surface area contributed by atoms with E-state index in [4.69, 9.17) is 14.4 Å². The van der Waals surface area contributed by atoms with Crippen molar-refractivity contribution in [1.29, 1.82) is 0 Å². The first-order valence-corrected chi connectivity index (χ1v) is 17.7. The lowest BCUT2D eigenvalue weighted by molar-refractivity contribution is 0.590. The first-order valence-electron chi connectivity index (χ1n) is 17.7. The predicted molar refractivity (Wildman–Crippen MR) is 214 cm³/mol. The van der Waals surface area contributed by atoms with Gasteiger partial charge in [-0.1, -0.05) is 90.1 Å². The SMILES string of the molecule is CC(C)(C)c1ccc2[nH]c3c(-c4ccc5oc6ccc(N(c7ccccn7)c7cccc8ccccc78)cc6c5n4)cc(C(C)(C)C)cc3c2c1. The third-order valence-corrected chi connectivity index (χ3v) is 10.2. The van der Waals surface area contributed by atoms with Crippen LogP contribution >= 0.6 is 0 Å². The lowest BCUT2D eigenvalue weighted by atomic mass is 9.84. The summed E-state index contributed by atoms with van der Waals surface area (Å²) in [7, 11) is 0. The van der Waals surface area contributed by atoms with Crippen LogP contribution in [0.3, 0.4) is 0 Å². The second-order valence-electron chi connectivity index (χ2n) is 15.7. The minimum absolute atomic E-state index is 0.0495. The van der Waals surface area contributed by atoms with Crippen LogP contribution in [0.2, 0.25) is 0 Å². The van der Waals surface area contributed by atoms with E-state index in [9.17, 15) is 0 Å². The maximum Gasteiger partial charge on any atom is 0.153 e. The Morgan fingerprint density at radius 2 is 1.37 bits per heavy atom.